The lowest BCUT2D eigenvalue weighted by atomic mass is 9.93. The molecule has 0 radical (unpaired) electrons. The first-order chi connectivity index (χ1) is 20.0. The molecule has 0 unspecified atom stereocenters. The third-order valence-electron chi connectivity index (χ3n) is 7.04. The van der Waals surface area contributed by atoms with E-state index in [0.717, 1.165) is 6.07 Å². The number of carbonyl (C=O) groups is 1. The average Bonchev–Trinajstić information content (AvgIpc) is 3.30. The number of nitrogens with one attached hydrogen (secondary N) is 1. The van der Waals surface area contributed by atoms with Crippen LogP contribution >= 0.6 is 0 Å². The van der Waals surface area contributed by atoms with Crippen molar-refractivity contribution in [2.75, 3.05) is 18.0 Å². The van der Waals surface area contributed by atoms with Gasteiger partial charge in [0.05, 0.1) is 28.6 Å². The number of carbonyl (C=O) groups excluding carboxylic acids is 1. The van der Waals surface area contributed by atoms with E-state index in [4.69, 9.17) is 14.2 Å². The van der Waals surface area contributed by atoms with Crippen molar-refractivity contribution in [2.45, 2.75) is 52.2 Å². The number of ether oxygens (including phenoxy) is 1. The summed E-state index contributed by atoms with van der Waals surface area (Å²) in [5, 5.41) is 26.7. The molecule has 1 N–H and O–H groups in total. The molecule has 2 aromatic carbocycles. The summed E-state index contributed by atoms with van der Waals surface area (Å²) in [5.41, 5.74) is 0.878. The number of benzene rings is 2. The number of halogens is 2. The molecular formula is C31H28F2N6O3. The quantitative estimate of drug-likeness (QED) is 0.299. The summed E-state index contributed by atoms with van der Waals surface area (Å²) in [6.07, 6.45) is 0.713. The molecule has 9 nitrogen and oxygen atoms in total. The largest absolute Gasteiger partial charge is 0.444 e. The highest BCUT2D eigenvalue weighted by molar-refractivity contribution is 5.92. The normalized spacial score (nSPS) is 14.0. The number of anilines is 1. The molecule has 1 aliphatic heterocycles. The number of pyridine rings is 1. The van der Waals surface area contributed by atoms with Crippen LogP contribution in [0.3, 0.4) is 0 Å². The lowest BCUT2D eigenvalue weighted by Gasteiger charge is -2.34. The fourth-order valence-electron chi connectivity index (χ4n) is 5.01. The number of piperidine rings is 1. The van der Waals surface area contributed by atoms with Crippen molar-refractivity contribution in [2.24, 2.45) is 0 Å². The van der Waals surface area contributed by atoms with Crippen molar-refractivity contribution in [3.8, 4) is 34.5 Å². The molecule has 0 spiro atoms. The maximum Gasteiger partial charge on any atom is 0.407 e. The molecule has 0 saturated carbocycles. The van der Waals surface area contributed by atoms with Crippen LogP contribution in [-0.2, 0) is 4.74 Å². The summed E-state index contributed by atoms with van der Waals surface area (Å²) in [5.74, 6) is -0.936. The Morgan fingerprint density at radius 1 is 1.07 bits per heavy atom. The number of fused-ring (bicyclic) bond motifs is 1. The van der Waals surface area contributed by atoms with E-state index in [1.807, 2.05) is 4.90 Å². The summed E-state index contributed by atoms with van der Waals surface area (Å²) in [6, 6.07) is 12.2. The third kappa shape index (κ3) is 5.72. The van der Waals surface area contributed by atoms with Gasteiger partial charge >= 0.3 is 6.09 Å². The monoisotopic (exact) mass is 570 g/mol. The maximum atomic E-state index is 15.6. The van der Waals surface area contributed by atoms with Gasteiger partial charge in [-0.15, -0.1) is 0 Å². The van der Waals surface area contributed by atoms with Crippen LogP contribution in [0, 0.1) is 41.2 Å². The Labute approximate surface area is 241 Å². The SMILES string of the molecule is Cc1noc2cc(-c3c(C#N)cc(N4CCC(NC(=O)OC(C)(C)C)CC4)nc3-c3ccc(C#N)c(F)c3)c(F)cc12. The predicted octanol–water partition coefficient (Wildman–Crippen LogP) is 6.38. The van der Waals surface area contributed by atoms with Gasteiger partial charge in [0, 0.05) is 41.2 Å². The summed E-state index contributed by atoms with van der Waals surface area (Å²) in [7, 11) is 0. The predicted molar refractivity (Wildman–Crippen MR) is 151 cm³/mol. The van der Waals surface area contributed by atoms with Gasteiger partial charge in [-0.25, -0.2) is 18.6 Å². The van der Waals surface area contributed by atoms with E-state index in [1.54, 1.807) is 39.8 Å². The van der Waals surface area contributed by atoms with Gasteiger partial charge < -0.3 is 19.5 Å². The van der Waals surface area contributed by atoms with Gasteiger partial charge in [0.15, 0.2) is 5.58 Å². The van der Waals surface area contributed by atoms with Gasteiger partial charge in [0.2, 0.25) is 0 Å². The molecule has 42 heavy (non-hydrogen) atoms. The highest BCUT2D eigenvalue weighted by atomic mass is 19.1. The second kappa shape index (κ2) is 11.1. The lowest BCUT2D eigenvalue weighted by molar-refractivity contribution is 0.0497. The summed E-state index contributed by atoms with van der Waals surface area (Å²) in [6.45, 7) is 8.10. The molecule has 4 aromatic rings. The van der Waals surface area contributed by atoms with Crippen LogP contribution in [0.5, 0.6) is 0 Å². The summed E-state index contributed by atoms with van der Waals surface area (Å²) < 4.78 is 41.1. The van der Waals surface area contributed by atoms with E-state index in [1.165, 1.54) is 24.3 Å². The highest BCUT2D eigenvalue weighted by Crippen LogP contribution is 2.39. The second-order valence-corrected chi connectivity index (χ2v) is 11.2. The molecule has 1 aliphatic rings. The van der Waals surface area contributed by atoms with E-state index < -0.39 is 23.3 Å². The Balaban J connectivity index is 1.56. The van der Waals surface area contributed by atoms with Gasteiger partial charge in [0.1, 0.15) is 29.1 Å². The molecule has 214 valence electrons. The number of aryl methyl sites for hydroxylation is 1. The van der Waals surface area contributed by atoms with Crippen molar-refractivity contribution >= 4 is 22.9 Å². The maximum absolute atomic E-state index is 15.6. The summed E-state index contributed by atoms with van der Waals surface area (Å²) in [4.78, 5) is 19.0. The van der Waals surface area contributed by atoms with Crippen LogP contribution in [0.2, 0.25) is 0 Å². The topological polar surface area (TPSA) is 128 Å². The molecule has 0 bridgehead atoms. The molecule has 11 heteroatoms. The van der Waals surface area contributed by atoms with Crippen molar-refractivity contribution in [1.82, 2.24) is 15.5 Å². The second-order valence-electron chi connectivity index (χ2n) is 11.2. The minimum absolute atomic E-state index is 0.0503. The van der Waals surface area contributed by atoms with Gasteiger partial charge in [-0.2, -0.15) is 10.5 Å². The Hall–Kier alpha value is -5.03. The minimum Gasteiger partial charge on any atom is -0.444 e. The zero-order chi connectivity index (χ0) is 30.2. The number of nitriles is 2. The van der Waals surface area contributed by atoms with Crippen LogP contribution in [0.4, 0.5) is 19.4 Å². The molecule has 2 aromatic heterocycles. The number of amides is 1. The highest BCUT2D eigenvalue weighted by Gasteiger charge is 2.27. The molecule has 0 atom stereocenters. The van der Waals surface area contributed by atoms with Crippen molar-refractivity contribution in [1.29, 1.82) is 10.5 Å². The Kier molecular flexibility index (Phi) is 7.53. The van der Waals surface area contributed by atoms with E-state index in [9.17, 15) is 19.7 Å². The van der Waals surface area contributed by atoms with Crippen molar-refractivity contribution < 1.29 is 22.8 Å². The van der Waals surface area contributed by atoms with Gasteiger partial charge in [-0.3, -0.25) is 0 Å². The Morgan fingerprint density at radius 3 is 2.43 bits per heavy atom. The van der Waals surface area contributed by atoms with E-state index >= 15 is 4.39 Å². The smallest absolute Gasteiger partial charge is 0.407 e. The Morgan fingerprint density at radius 2 is 1.79 bits per heavy atom. The van der Waals surface area contributed by atoms with Gasteiger partial charge in [-0.05, 0) is 70.9 Å². The van der Waals surface area contributed by atoms with Gasteiger partial charge in [0.25, 0.3) is 0 Å². The summed E-state index contributed by atoms with van der Waals surface area (Å²) >= 11 is 0. The van der Waals surface area contributed by atoms with Crippen LogP contribution in [0.15, 0.2) is 40.9 Å². The third-order valence-corrected chi connectivity index (χ3v) is 7.04. The average molecular weight is 571 g/mol. The number of hydrogen-bond acceptors (Lipinski definition) is 8. The van der Waals surface area contributed by atoms with Crippen LogP contribution in [0.1, 0.15) is 50.4 Å². The van der Waals surface area contributed by atoms with Crippen LogP contribution < -0.4 is 10.2 Å². The first-order valence-corrected chi connectivity index (χ1v) is 13.4. The molecule has 5 rings (SSSR count). The number of alkyl carbamates (subject to hydrolysis) is 1. The van der Waals surface area contributed by atoms with Gasteiger partial charge in [-0.1, -0.05) is 11.2 Å². The molecule has 0 aliphatic carbocycles. The zero-order valence-electron chi connectivity index (χ0n) is 23.6. The number of aromatic nitrogens is 2. The number of rotatable bonds is 4. The number of hydrogen-bond donors (Lipinski definition) is 1. The number of nitrogens with zero attached hydrogens (tertiary/aromatic N) is 5. The fraction of sp³-hybridized carbons (Fsp3) is 0.323. The molecule has 1 saturated heterocycles. The zero-order valence-corrected chi connectivity index (χ0v) is 23.6. The lowest BCUT2D eigenvalue weighted by Crippen LogP contribution is -2.46. The van der Waals surface area contributed by atoms with Crippen LogP contribution in [-0.4, -0.2) is 41.0 Å². The molecule has 3 heterocycles. The van der Waals surface area contributed by atoms with Crippen molar-refractivity contribution in [3.05, 3.63) is 64.9 Å². The first kappa shape index (κ1) is 28.5. The Bertz CT molecular complexity index is 1770. The molecular weight excluding hydrogens is 542 g/mol. The van der Waals surface area contributed by atoms with E-state index in [-0.39, 0.29) is 39.6 Å². The molecule has 1 fully saturated rings. The fourth-order valence-corrected chi connectivity index (χ4v) is 5.01. The van der Waals surface area contributed by atoms with E-state index in [2.05, 4.69) is 16.5 Å². The van der Waals surface area contributed by atoms with E-state index in [0.29, 0.717) is 48.4 Å². The molecule has 1 amide bonds. The standard InChI is InChI=1S/C31H28F2N6O3/c1-17-22-13-25(33)23(14-26(22)42-38-17)28-20(16-35)12-27(37-29(28)18-5-6-19(15-34)24(32)11-18)39-9-7-21(8-10-39)36-30(40)41-31(2,3)4/h5-6,11-14,21H,7-10H2,1-4H3,(H,36,40). The van der Waals surface area contributed by atoms with Crippen molar-refractivity contribution in [3.63, 3.8) is 0 Å². The van der Waals surface area contributed by atoms with Crippen LogP contribution in [0.25, 0.3) is 33.4 Å². The minimum atomic E-state index is -0.762. The first-order valence-electron chi connectivity index (χ1n) is 13.4.